The lowest BCUT2D eigenvalue weighted by Crippen LogP contribution is -2.30. The van der Waals surface area contributed by atoms with Crippen molar-refractivity contribution in [3.05, 3.63) is 65.0 Å². The second-order valence-electron chi connectivity index (χ2n) is 6.68. The van der Waals surface area contributed by atoms with Crippen molar-refractivity contribution < 1.29 is 9.13 Å². The first-order valence-electron chi connectivity index (χ1n) is 8.94. The van der Waals surface area contributed by atoms with Crippen molar-refractivity contribution in [2.45, 2.75) is 19.5 Å². The quantitative estimate of drug-likeness (QED) is 0.826. The van der Waals surface area contributed by atoms with E-state index in [1.807, 2.05) is 30.3 Å². The van der Waals surface area contributed by atoms with Gasteiger partial charge in [-0.2, -0.15) is 5.26 Å². The lowest BCUT2D eigenvalue weighted by atomic mass is 10.1. The van der Waals surface area contributed by atoms with Crippen LogP contribution in [0.25, 0.3) is 0 Å². The Bertz CT molecular complexity index is 770. The maximum Gasteiger partial charge on any atom is 0.165 e. The summed E-state index contributed by atoms with van der Waals surface area (Å²) in [5, 5.41) is 8.89. The molecule has 1 heterocycles. The molecule has 3 rings (SSSR count). The number of hydrogen-bond acceptors (Lipinski definition) is 4. The van der Waals surface area contributed by atoms with Crippen molar-refractivity contribution in [3.8, 4) is 11.8 Å². The molecule has 0 aliphatic carbocycles. The minimum Gasteiger partial charge on any atom is -0.494 e. The highest BCUT2D eigenvalue weighted by Crippen LogP contribution is 2.19. The Balaban J connectivity index is 1.54. The standard InChI is InChI=1S/C21H24FN3O/c1-26-21-8-7-19(13-20(21)22)16-25-10-2-9-24(11-12-25)15-18-5-3-17(14-23)4-6-18/h3-8,13H,2,9-12,15-16H2,1H3. The van der Waals surface area contributed by atoms with Crippen LogP contribution in [0, 0.1) is 17.1 Å². The molecular formula is C21H24FN3O. The van der Waals surface area contributed by atoms with Crippen molar-refractivity contribution in [1.29, 1.82) is 5.26 Å². The second kappa shape index (κ2) is 8.79. The van der Waals surface area contributed by atoms with Gasteiger partial charge in [0.1, 0.15) is 0 Å². The molecule has 2 aromatic rings. The second-order valence-corrected chi connectivity index (χ2v) is 6.68. The molecule has 0 atom stereocenters. The van der Waals surface area contributed by atoms with E-state index < -0.39 is 0 Å². The maximum atomic E-state index is 13.9. The summed E-state index contributed by atoms with van der Waals surface area (Å²) in [5.74, 6) is -0.0135. The van der Waals surface area contributed by atoms with Gasteiger partial charge in [-0.05, 0) is 54.9 Å². The number of hydrogen-bond donors (Lipinski definition) is 0. The molecule has 0 unspecified atom stereocenters. The fourth-order valence-electron chi connectivity index (χ4n) is 3.35. The normalized spacial score (nSPS) is 16.0. The summed E-state index contributed by atoms with van der Waals surface area (Å²) >= 11 is 0. The summed E-state index contributed by atoms with van der Waals surface area (Å²) in [5.41, 5.74) is 2.90. The van der Waals surface area contributed by atoms with Gasteiger partial charge in [-0.3, -0.25) is 9.80 Å². The molecule has 136 valence electrons. The summed E-state index contributed by atoms with van der Waals surface area (Å²) in [6, 6.07) is 15.2. The lowest BCUT2D eigenvalue weighted by molar-refractivity contribution is 0.247. The van der Waals surface area contributed by atoms with Gasteiger partial charge in [-0.1, -0.05) is 18.2 Å². The Morgan fingerprint density at radius 1 is 0.962 bits per heavy atom. The Morgan fingerprint density at radius 3 is 2.15 bits per heavy atom. The molecule has 0 aromatic heterocycles. The first-order chi connectivity index (χ1) is 12.7. The van der Waals surface area contributed by atoms with E-state index >= 15 is 0 Å². The first kappa shape index (κ1) is 18.4. The van der Waals surface area contributed by atoms with Crippen LogP contribution in [-0.4, -0.2) is 43.1 Å². The van der Waals surface area contributed by atoms with Gasteiger partial charge in [-0.25, -0.2) is 4.39 Å². The summed E-state index contributed by atoms with van der Waals surface area (Å²) in [6.45, 7) is 5.66. The Labute approximate surface area is 154 Å². The summed E-state index contributed by atoms with van der Waals surface area (Å²) in [4.78, 5) is 4.82. The van der Waals surface area contributed by atoms with Crippen LogP contribution in [0.3, 0.4) is 0 Å². The van der Waals surface area contributed by atoms with Crippen molar-refractivity contribution in [3.63, 3.8) is 0 Å². The third-order valence-electron chi connectivity index (χ3n) is 4.79. The monoisotopic (exact) mass is 353 g/mol. The fraction of sp³-hybridized carbons (Fsp3) is 0.381. The van der Waals surface area contributed by atoms with E-state index in [1.54, 1.807) is 12.1 Å². The van der Waals surface area contributed by atoms with E-state index in [1.165, 1.54) is 12.7 Å². The highest BCUT2D eigenvalue weighted by molar-refractivity contribution is 5.31. The van der Waals surface area contributed by atoms with Gasteiger partial charge in [0.05, 0.1) is 18.7 Å². The molecule has 0 spiro atoms. The third-order valence-corrected chi connectivity index (χ3v) is 4.79. The van der Waals surface area contributed by atoms with Crippen LogP contribution in [0.15, 0.2) is 42.5 Å². The molecule has 1 aliphatic rings. The van der Waals surface area contributed by atoms with Crippen LogP contribution in [0.2, 0.25) is 0 Å². The number of halogens is 1. The minimum atomic E-state index is -0.303. The molecule has 4 nitrogen and oxygen atoms in total. The Hall–Kier alpha value is -2.42. The van der Waals surface area contributed by atoms with Gasteiger partial charge in [0.2, 0.25) is 0 Å². The van der Waals surface area contributed by atoms with Gasteiger partial charge >= 0.3 is 0 Å². The third kappa shape index (κ3) is 4.81. The zero-order chi connectivity index (χ0) is 18.4. The smallest absolute Gasteiger partial charge is 0.165 e. The molecule has 0 saturated carbocycles. The molecule has 2 aromatic carbocycles. The molecule has 0 amide bonds. The van der Waals surface area contributed by atoms with Gasteiger partial charge in [0.25, 0.3) is 0 Å². The summed E-state index contributed by atoms with van der Waals surface area (Å²) in [7, 11) is 1.48. The SMILES string of the molecule is COc1ccc(CN2CCCN(Cc3ccc(C#N)cc3)CC2)cc1F. The number of nitriles is 1. The fourth-order valence-corrected chi connectivity index (χ4v) is 3.35. The Morgan fingerprint density at radius 2 is 1.58 bits per heavy atom. The number of nitrogens with zero attached hydrogens (tertiary/aromatic N) is 3. The highest BCUT2D eigenvalue weighted by atomic mass is 19.1. The topological polar surface area (TPSA) is 39.5 Å². The van der Waals surface area contributed by atoms with E-state index in [0.717, 1.165) is 51.3 Å². The molecule has 1 fully saturated rings. The van der Waals surface area contributed by atoms with E-state index in [0.29, 0.717) is 11.3 Å². The van der Waals surface area contributed by atoms with E-state index in [9.17, 15) is 4.39 Å². The first-order valence-corrected chi connectivity index (χ1v) is 8.94. The van der Waals surface area contributed by atoms with Crippen molar-refractivity contribution in [2.24, 2.45) is 0 Å². The van der Waals surface area contributed by atoms with Crippen LogP contribution in [0.5, 0.6) is 5.75 Å². The van der Waals surface area contributed by atoms with Gasteiger partial charge in [-0.15, -0.1) is 0 Å². The largest absolute Gasteiger partial charge is 0.494 e. The van der Waals surface area contributed by atoms with Gasteiger partial charge < -0.3 is 4.74 Å². The maximum absolute atomic E-state index is 13.9. The van der Waals surface area contributed by atoms with Crippen LogP contribution in [0.1, 0.15) is 23.1 Å². The Kier molecular flexibility index (Phi) is 6.21. The van der Waals surface area contributed by atoms with Crippen LogP contribution in [-0.2, 0) is 13.1 Å². The van der Waals surface area contributed by atoms with Gasteiger partial charge in [0, 0.05) is 26.2 Å². The molecule has 26 heavy (non-hydrogen) atoms. The van der Waals surface area contributed by atoms with Crippen molar-refractivity contribution in [1.82, 2.24) is 9.80 Å². The van der Waals surface area contributed by atoms with Crippen molar-refractivity contribution in [2.75, 3.05) is 33.3 Å². The van der Waals surface area contributed by atoms with E-state index in [2.05, 4.69) is 15.9 Å². The summed E-state index contributed by atoms with van der Waals surface area (Å²) in [6.07, 6.45) is 1.09. The molecule has 1 aliphatic heterocycles. The van der Waals surface area contributed by atoms with Crippen LogP contribution < -0.4 is 4.74 Å². The van der Waals surface area contributed by atoms with Gasteiger partial charge in [0.15, 0.2) is 11.6 Å². The minimum absolute atomic E-state index is 0.290. The van der Waals surface area contributed by atoms with Crippen LogP contribution in [0.4, 0.5) is 4.39 Å². The molecule has 0 bridgehead atoms. The molecular weight excluding hydrogens is 329 g/mol. The molecule has 1 saturated heterocycles. The predicted molar refractivity (Wildman–Crippen MR) is 99.3 cm³/mol. The number of rotatable bonds is 5. The van der Waals surface area contributed by atoms with E-state index in [-0.39, 0.29) is 5.82 Å². The lowest BCUT2D eigenvalue weighted by Gasteiger charge is -2.22. The predicted octanol–water partition coefficient (Wildman–Crippen LogP) is 3.41. The van der Waals surface area contributed by atoms with E-state index in [4.69, 9.17) is 10.00 Å². The number of methoxy groups -OCH3 is 1. The highest BCUT2D eigenvalue weighted by Gasteiger charge is 2.16. The molecule has 0 radical (unpaired) electrons. The molecule has 0 N–H and O–H groups in total. The number of benzene rings is 2. The zero-order valence-corrected chi connectivity index (χ0v) is 15.1. The number of ether oxygens (including phenoxy) is 1. The average Bonchev–Trinajstić information content (AvgIpc) is 2.88. The van der Waals surface area contributed by atoms with Crippen molar-refractivity contribution >= 4 is 0 Å². The average molecular weight is 353 g/mol. The summed E-state index contributed by atoms with van der Waals surface area (Å²) < 4.78 is 18.9. The molecule has 5 heteroatoms. The van der Waals surface area contributed by atoms with Crippen LogP contribution >= 0.6 is 0 Å². The zero-order valence-electron chi connectivity index (χ0n) is 15.1.